The van der Waals surface area contributed by atoms with E-state index in [2.05, 4.69) is 24.4 Å². The zero-order valence-corrected chi connectivity index (χ0v) is 9.10. The number of aryl methyl sites for hydroxylation is 1. The summed E-state index contributed by atoms with van der Waals surface area (Å²) < 4.78 is 0. The van der Waals surface area contributed by atoms with Crippen LogP contribution in [-0.2, 0) is 0 Å². The minimum Gasteiger partial charge on any atom is -0.356 e. The van der Waals surface area contributed by atoms with Gasteiger partial charge in [-0.3, -0.25) is 4.79 Å². The van der Waals surface area contributed by atoms with Gasteiger partial charge < -0.3 is 5.32 Å². The highest BCUT2D eigenvalue weighted by Gasteiger charge is 1.94. The average Bonchev–Trinajstić information content (AvgIpc) is 2.33. The molecule has 2 nitrogen and oxygen atoms in total. The molecule has 0 aliphatic heterocycles. The van der Waals surface area contributed by atoms with Crippen LogP contribution in [0.5, 0.6) is 0 Å². The molecule has 16 heavy (non-hydrogen) atoms. The monoisotopic (exact) mass is 211 g/mol. The highest BCUT2D eigenvalue weighted by molar-refractivity contribution is 5.76. The molecule has 0 saturated heterocycles. The SMILES string of the molecule is Cc1ccc(Nc2ccc(C=O)cc2)cc1. The number of carbonyl (C=O) groups excluding carboxylic acids is 1. The molecule has 0 aliphatic carbocycles. The van der Waals surface area contributed by atoms with Crippen LogP contribution in [0.3, 0.4) is 0 Å². The summed E-state index contributed by atoms with van der Waals surface area (Å²) in [5.41, 5.74) is 3.95. The third-order valence-corrected chi connectivity index (χ3v) is 2.39. The summed E-state index contributed by atoms with van der Waals surface area (Å²) in [4.78, 5) is 10.5. The first-order chi connectivity index (χ1) is 7.78. The summed E-state index contributed by atoms with van der Waals surface area (Å²) >= 11 is 0. The number of rotatable bonds is 3. The van der Waals surface area contributed by atoms with Gasteiger partial charge in [-0.15, -0.1) is 0 Å². The fourth-order valence-corrected chi connectivity index (χ4v) is 1.45. The molecule has 0 heterocycles. The fourth-order valence-electron chi connectivity index (χ4n) is 1.45. The predicted molar refractivity (Wildman–Crippen MR) is 66.3 cm³/mol. The van der Waals surface area contributed by atoms with Gasteiger partial charge in [-0.1, -0.05) is 17.7 Å². The Morgan fingerprint density at radius 2 is 1.38 bits per heavy atom. The molecule has 0 saturated carbocycles. The van der Waals surface area contributed by atoms with Crippen molar-refractivity contribution in [1.29, 1.82) is 0 Å². The number of nitrogens with one attached hydrogen (secondary N) is 1. The van der Waals surface area contributed by atoms with Crippen LogP contribution in [-0.4, -0.2) is 6.29 Å². The molecule has 1 N–H and O–H groups in total. The van der Waals surface area contributed by atoms with Crippen molar-refractivity contribution in [3.63, 3.8) is 0 Å². The summed E-state index contributed by atoms with van der Waals surface area (Å²) in [6.07, 6.45) is 0.843. The lowest BCUT2D eigenvalue weighted by atomic mass is 10.2. The topological polar surface area (TPSA) is 29.1 Å². The third kappa shape index (κ3) is 2.48. The molecule has 2 rings (SSSR count). The molecular weight excluding hydrogens is 198 g/mol. The largest absolute Gasteiger partial charge is 0.356 e. The van der Waals surface area contributed by atoms with Crippen molar-refractivity contribution in [2.45, 2.75) is 6.92 Å². The molecule has 0 unspecified atom stereocenters. The second kappa shape index (κ2) is 4.62. The van der Waals surface area contributed by atoms with Crippen LogP contribution in [0.25, 0.3) is 0 Å². The quantitative estimate of drug-likeness (QED) is 0.786. The van der Waals surface area contributed by atoms with E-state index in [-0.39, 0.29) is 0 Å². The van der Waals surface area contributed by atoms with Crippen LogP contribution in [0.2, 0.25) is 0 Å². The van der Waals surface area contributed by atoms with Gasteiger partial charge in [0.1, 0.15) is 6.29 Å². The predicted octanol–water partition coefficient (Wildman–Crippen LogP) is 3.55. The van der Waals surface area contributed by atoms with E-state index in [0.717, 1.165) is 17.7 Å². The normalized spacial score (nSPS) is 9.81. The number of benzene rings is 2. The first-order valence-electron chi connectivity index (χ1n) is 5.17. The Labute approximate surface area is 94.9 Å². The summed E-state index contributed by atoms with van der Waals surface area (Å²) in [7, 11) is 0. The van der Waals surface area contributed by atoms with E-state index in [9.17, 15) is 4.79 Å². The van der Waals surface area contributed by atoms with Crippen LogP contribution in [0, 0.1) is 6.92 Å². The van der Waals surface area contributed by atoms with Gasteiger partial charge in [-0.2, -0.15) is 0 Å². The molecular formula is C14H13NO. The third-order valence-electron chi connectivity index (χ3n) is 2.39. The lowest BCUT2D eigenvalue weighted by Gasteiger charge is -2.06. The van der Waals surface area contributed by atoms with Gasteiger partial charge in [0.05, 0.1) is 0 Å². The van der Waals surface area contributed by atoms with E-state index in [1.165, 1.54) is 5.56 Å². The Morgan fingerprint density at radius 3 is 1.88 bits per heavy atom. The van der Waals surface area contributed by atoms with E-state index in [0.29, 0.717) is 5.56 Å². The van der Waals surface area contributed by atoms with Gasteiger partial charge in [0.2, 0.25) is 0 Å². The first kappa shape index (κ1) is 10.4. The van der Waals surface area contributed by atoms with E-state index >= 15 is 0 Å². The molecule has 2 aromatic rings. The van der Waals surface area contributed by atoms with Gasteiger partial charge in [-0.05, 0) is 43.3 Å². The molecule has 0 aromatic heterocycles. The van der Waals surface area contributed by atoms with E-state index < -0.39 is 0 Å². The zero-order chi connectivity index (χ0) is 11.4. The van der Waals surface area contributed by atoms with Crippen LogP contribution in [0.4, 0.5) is 11.4 Å². The minimum absolute atomic E-state index is 0.689. The number of hydrogen-bond donors (Lipinski definition) is 1. The molecule has 0 spiro atoms. The van der Waals surface area contributed by atoms with Crippen molar-refractivity contribution < 1.29 is 4.79 Å². The van der Waals surface area contributed by atoms with Crippen molar-refractivity contribution in [3.8, 4) is 0 Å². The number of carbonyl (C=O) groups is 1. The molecule has 0 bridgehead atoms. The van der Waals surface area contributed by atoms with Crippen molar-refractivity contribution >= 4 is 17.7 Å². The van der Waals surface area contributed by atoms with Crippen molar-refractivity contribution in [2.75, 3.05) is 5.32 Å². The van der Waals surface area contributed by atoms with E-state index in [1.54, 1.807) is 12.1 Å². The molecule has 80 valence electrons. The smallest absolute Gasteiger partial charge is 0.150 e. The van der Waals surface area contributed by atoms with Gasteiger partial charge in [0, 0.05) is 16.9 Å². The summed E-state index contributed by atoms with van der Waals surface area (Å²) in [6.45, 7) is 2.06. The van der Waals surface area contributed by atoms with Gasteiger partial charge in [-0.25, -0.2) is 0 Å². The standard InChI is InChI=1S/C14H13NO/c1-11-2-6-13(7-3-11)15-14-8-4-12(10-16)5-9-14/h2-10,15H,1H3. The number of anilines is 2. The highest BCUT2D eigenvalue weighted by Crippen LogP contribution is 2.16. The zero-order valence-electron chi connectivity index (χ0n) is 9.10. The van der Waals surface area contributed by atoms with Crippen LogP contribution in [0.15, 0.2) is 48.5 Å². The Kier molecular flexibility index (Phi) is 3.01. The maximum Gasteiger partial charge on any atom is 0.150 e. The Bertz CT molecular complexity index is 471. The first-order valence-corrected chi connectivity index (χ1v) is 5.17. The summed E-state index contributed by atoms with van der Waals surface area (Å²) in [6, 6.07) is 15.6. The highest BCUT2D eigenvalue weighted by atomic mass is 16.1. The van der Waals surface area contributed by atoms with Crippen LogP contribution < -0.4 is 5.32 Å². The Balaban J connectivity index is 2.14. The molecule has 2 heteroatoms. The van der Waals surface area contributed by atoms with Gasteiger partial charge >= 0.3 is 0 Å². The summed E-state index contributed by atoms with van der Waals surface area (Å²) in [5.74, 6) is 0. The lowest BCUT2D eigenvalue weighted by Crippen LogP contribution is -1.90. The van der Waals surface area contributed by atoms with Crippen molar-refractivity contribution in [2.24, 2.45) is 0 Å². The van der Waals surface area contributed by atoms with Crippen LogP contribution in [0.1, 0.15) is 15.9 Å². The molecule has 2 aromatic carbocycles. The van der Waals surface area contributed by atoms with Crippen molar-refractivity contribution in [3.05, 3.63) is 59.7 Å². The fraction of sp³-hybridized carbons (Fsp3) is 0.0714. The Morgan fingerprint density at radius 1 is 0.875 bits per heavy atom. The lowest BCUT2D eigenvalue weighted by molar-refractivity contribution is 0.112. The molecule has 0 aliphatic rings. The maximum absolute atomic E-state index is 10.5. The van der Waals surface area contributed by atoms with Gasteiger partial charge in [0.25, 0.3) is 0 Å². The molecule has 0 fully saturated rings. The number of hydrogen-bond acceptors (Lipinski definition) is 2. The molecule has 0 atom stereocenters. The summed E-state index contributed by atoms with van der Waals surface area (Å²) in [5, 5.41) is 3.27. The van der Waals surface area contributed by atoms with E-state index in [4.69, 9.17) is 0 Å². The van der Waals surface area contributed by atoms with Crippen LogP contribution >= 0.6 is 0 Å². The average molecular weight is 211 g/mol. The van der Waals surface area contributed by atoms with Crippen molar-refractivity contribution in [1.82, 2.24) is 0 Å². The molecule has 0 radical (unpaired) electrons. The second-order valence-electron chi connectivity index (χ2n) is 3.73. The van der Waals surface area contributed by atoms with Gasteiger partial charge in [0.15, 0.2) is 0 Å². The molecule has 0 amide bonds. The van der Waals surface area contributed by atoms with E-state index in [1.807, 2.05) is 24.3 Å². The Hall–Kier alpha value is -2.09. The maximum atomic E-state index is 10.5. The second-order valence-corrected chi connectivity index (χ2v) is 3.73. The number of aldehydes is 1. The minimum atomic E-state index is 0.689.